The molecule has 7 nitrogen and oxygen atoms in total. The summed E-state index contributed by atoms with van der Waals surface area (Å²) in [5, 5.41) is 5.84. The standard InChI is InChI=1S/C25H22ClN3O4/c1-33-21-13-12-19(14-20(21)26)27-22(30)16-29-23(31)25(28-24(29)32,18-10-6-3-7-11-18)15-17-8-4-2-5-9-17/h2-14H,15-16H2,1H3,(H,27,30)(H,28,32). The topological polar surface area (TPSA) is 87.7 Å². The fourth-order valence-electron chi connectivity index (χ4n) is 3.90. The SMILES string of the molecule is COc1ccc(NC(=O)CN2C(=O)NC(Cc3ccccc3)(c3ccccc3)C2=O)cc1Cl. The van der Waals surface area contributed by atoms with Gasteiger partial charge in [0.25, 0.3) is 5.91 Å². The van der Waals surface area contributed by atoms with Crippen molar-refractivity contribution in [1.29, 1.82) is 0 Å². The normalized spacial score (nSPS) is 17.6. The summed E-state index contributed by atoms with van der Waals surface area (Å²) in [4.78, 5) is 40.1. The molecule has 3 aromatic carbocycles. The van der Waals surface area contributed by atoms with Crippen LogP contribution in [-0.2, 0) is 21.5 Å². The molecule has 33 heavy (non-hydrogen) atoms. The Morgan fingerprint density at radius 2 is 1.70 bits per heavy atom. The van der Waals surface area contributed by atoms with Crippen LogP contribution in [-0.4, -0.2) is 36.4 Å². The summed E-state index contributed by atoms with van der Waals surface area (Å²) < 4.78 is 5.10. The van der Waals surface area contributed by atoms with Gasteiger partial charge in [0.1, 0.15) is 12.3 Å². The third kappa shape index (κ3) is 4.54. The summed E-state index contributed by atoms with van der Waals surface area (Å²) in [6.07, 6.45) is 0.259. The number of hydrogen-bond acceptors (Lipinski definition) is 4. The molecule has 1 saturated heterocycles. The Kier molecular flexibility index (Phi) is 6.33. The molecular formula is C25H22ClN3O4. The average molecular weight is 464 g/mol. The first-order valence-electron chi connectivity index (χ1n) is 10.3. The number of benzene rings is 3. The molecule has 8 heteroatoms. The number of nitrogens with zero attached hydrogens (tertiary/aromatic N) is 1. The first-order chi connectivity index (χ1) is 15.9. The molecule has 0 aromatic heterocycles. The van der Waals surface area contributed by atoms with E-state index in [0.29, 0.717) is 22.0 Å². The monoisotopic (exact) mass is 463 g/mol. The van der Waals surface area contributed by atoms with Crippen molar-refractivity contribution in [1.82, 2.24) is 10.2 Å². The van der Waals surface area contributed by atoms with Crippen LogP contribution in [0.5, 0.6) is 5.75 Å². The number of rotatable bonds is 7. The van der Waals surface area contributed by atoms with Crippen LogP contribution in [0.15, 0.2) is 78.9 Å². The number of amides is 4. The van der Waals surface area contributed by atoms with Crippen LogP contribution in [0.25, 0.3) is 0 Å². The highest BCUT2D eigenvalue weighted by Gasteiger charge is 2.52. The van der Waals surface area contributed by atoms with Crippen LogP contribution < -0.4 is 15.4 Å². The fraction of sp³-hybridized carbons (Fsp3) is 0.160. The Bertz CT molecular complexity index is 1190. The second kappa shape index (κ2) is 9.34. The lowest BCUT2D eigenvalue weighted by molar-refractivity contribution is -0.134. The van der Waals surface area contributed by atoms with Gasteiger partial charge in [-0.05, 0) is 29.3 Å². The van der Waals surface area contributed by atoms with Gasteiger partial charge in [0.2, 0.25) is 5.91 Å². The minimum Gasteiger partial charge on any atom is -0.495 e. The maximum atomic E-state index is 13.6. The molecule has 1 fully saturated rings. The van der Waals surface area contributed by atoms with Crippen molar-refractivity contribution in [3.05, 3.63) is 95.0 Å². The molecule has 168 valence electrons. The van der Waals surface area contributed by atoms with E-state index in [9.17, 15) is 14.4 Å². The number of nitrogens with one attached hydrogen (secondary N) is 2. The first kappa shape index (κ1) is 22.4. The zero-order chi connectivity index (χ0) is 23.4. The minimum absolute atomic E-state index is 0.259. The van der Waals surface area contributed by atoms with Gasteiger partial charge >= 0.3 is 6.03 Å². The number of anilines is 1. The van der Waals surface area contributed by atoms with Gasteiger partial charge in [-0.15, -0.1) is 0 Å². The van der Waals surface area contributed by atoms with Gasteiger partial charge in [0.05, 0.1) is 12.1 Å². The van der Waals surface area contributed by atoms with E-state index >= 15 is 0 Å². The summed E-state index contributed by atoms with van der Waals surface area (Å²) in [5.74, 6) is -0.536. The van der Waals surface area contributed by atoms with Crippen molar-refractivity contribution >= 4 is 35.1 Å². The maximum Gasteiger partial charge on any atom is 0.325 e. The number of ether oxygens (including phenoxy) is 1. The number of carbonyl (C=O) groups is 3. The van der Waals surface area contributed by atoms with Gasteiger partial charge < -0.3 is 15.4 Å². The lowest BCUT2D eigenvalue weighted by Gasteiger charge is -2.27. The molecule has 1 aliphatic heterocycles. The van der Waals surface area contributed by atoms with Gasteiger partial charge in [-0.3, -0.25) is 14.5 Å². The molecule has 4 amide bonds. The van der Waals surface area contributed by atoms with E-state index in [1.165, 1.54) is 13.2 Å². The molecular weight excluding hydrogens is 442 g/mol. The summed E-state index contributed by atoms with van der Waals surface area (Å²) in [5.41, 5.74) is 0.659. The van der Waals surface area contributed by atoms with E-state index in [1.54, 1.807) is 24.3 Å². The molecule has 0 bridgehead atoms. The summed E-state index contributed by atoms with van der Waals surface area (Å²) in [7, 11) is 1.49. The van der Waals surface area contributed by atoms with Crippen molar-refractivity contribution in [2.45, 2.75) is 12.0 Å². The zero-order valence-corrected chi connectivity index (χ0v) is 18.6. The second-order valence-electron chi connectivity index (χ2n) is 7.65. The lowest BCUT2D eigenvalue weighted by Crippen LogP contribution is -2.46. The van der Waals surface area contributed by atoms with Gasteiger partial charge in [0.15, 0.2) is 5.54 Å². The Balaban J connectivity index is 1.57. The number of carbonyl (C=O) groups excluding carboxylic acids is 3. The molecule has 2 N–H and O–H groups in total. The molecule has 0 saturated carbocycles. The lowest BCUT2D eigenvalue weighted by atomic mass is 9.83. The number of halogens is 1. The van der Waals surface area contributed by atoms with Crippen LogP contribution >= 0.6 is 11.6 Å². The van der Waals surface area contributed by atoms with Gasteiger partial charge in [-0.2, -0.15) is 0 Å². The average Bonchev–Trinajstić information content (AvgIpc) is 3.05. The number of urea groups is 1. The quantitative estimate of drug-likeness (QED) is 0.519. The summed E-state index contributed by atoms with van der Waals surface area (Å²) >= 11 is 6.11. The third-order valence-corrected chi connectivity index (χ3v) is 5.79. The van der Waals surface area contributed by atoms with Crippen LogP contribution in [0, 0.1) is 0 Å². The van der Waals surface area contributed by atoms with Crippen molar-refractivity contribution < 1.29 is 19.1 Å². The Labute approximate surface area is 196 Å². The Hall–Kier alpha value is -3.84. The molecule has 1 atom stereocenters. The molecule has 0 spiro atoms. The fourth-order valence-corrected chi connectivity index (χ4v) is 4.16. The zero-order valence-electron chi connectivity index (χ0n) is 17.9. The minimum atomic E-state index is -1.30. The number of hydrogen-bond donors (Lipinski definition) is 2. The molecule has 1 unspecified atom stereocenters. The smallest absolute Gasteiger partial charge is 0.325 e. The van der Waals surface area contributed by atoms with Crippen LogP contribution in [0.4, 0.5) is 10.5 Å². The van der Waals surface area contributed by atoms with E-state index in [0.717, 1.165) is 10.5 Å². The van der Waals surface area contributed by atoms with Crippen molar-refractivity contribution in [3.8, 4) is 5.75 Å². The highest BCUT2D eigenvalue weighted by Crippen LogP contribution is 2.33. The molecule has 1 heterocycles. The van der Waals surface area contributed by atoms with Crippen LogP contribution in [0.3, 0.4) is 0 Å². The Morgan fingerprint density at radius 1 is 1.03 bits per heavy atom. The van der Waals surface area contributed by atoms with Gasteiger partial charge in [-0.1, -0.05) is 72.3 Å². The summed E-state index contributed by atoms with van der Waals surface area (Å²) in [6, 6.07) is 22.6. The highest BCUT2D eigenvalue weighted by molar-refractivity contribution is 6.32. The van der Waals surface area contributed by atoms with Gasteiger partial charge in [-0.25, -0.2) is 4.79 Å². The predicted octanol–water partition coefficient (Wildman–Crippen LogP) is 3.98. The molecule has 1 aliphatic rings. The number of methoxy groups -OCH3 is 1. The van der Waals surface area contributed by atoms with E-state index in [2.05, 4.69) is 10.6 Å². The van der Waals surface area contributed by atoms with E-state index in [4.69, 9.17) is 16.3 Å². The maximum absolute atomic E-state index is 13.6. The number of imide groups is 1. The van der Waals surface area contributed by atoms with Crippen LogP contribution in [0.2, 0.25) is 5.02 Å². The first-order valence-corrected chi connectivity index (χ1v) is 10.7. The third-order valence-electron chi connectivity index (χ3n) is 5.49. The van der Waals surface area contributed by atoms with Gasteiger partial charge in [0, 0.05) is 12.1 Å². The van der Waals surface area contributed by atoms with Crippen LogP contribution in [0.1, 0.15) is 11.1 Å². The molecule has 0 aliphatic carbocycles. The predicted molar refractivity (Wildman–Crippen MR) is 125 cm³/mol. The molecule has 4 rings (SSSR count). The van der Waals surface area contributed by atoms with Crippen molar-refractivity contribution in [3.63, 3.8) is 0 Å². The largest absolute Gasteiger partial charge is 0.495 e. The molecule has 0 radical (unpaired) electrons. The van der Waals surface area contributed by atoms with Crippen molar-refractivity contribution in [2.24, 2.45) is 0 Å². The molecule has 3 aromatic rings. The highest BCUT2D eigenvalue weighted by atomic mass is 35.5. The van der Waals surface area contributed by atoms with E-state index in [-0.39, 0.29) is 6.42 Å². The Morgan fingerprint density at radius 3 is 2.33 bits per heavy atom. The summed E-state index contributed by atoms with van der Waals surface area (Å²) in [6.45, 7) is -0.433. The second-order valence-corrected chi connectivity index (χ2v) is 8.06. The van der Waals surface area contributed by atoms with E-state index < -0.39 is 29.9 Å². The van der Waals surface area contributed by atoms with Crippen molar-refractivity contribution in [2.75, 3.05) is 19.0 Å². The van der Waals surface area contributed by atoms with E-state index in [1.807, 2.05) is 48.5 Å².